The molecule has 1 unspecified atom stereocenters. The van der Waals surface area contributed by atoms with Gasteiger partial charge < -0.3 is 29.8 Å². The van der Waals surface area contributed by atoms with Gasteiger partial charge in [-0.05, 0) is 48.2 Å². The van der Waals surface area contributed by atoms with Gasteiger partial charge in [-0.3, -0.25) is 9.89 Å². The number of H-pyrrole nitrogens is 1. The lowest BCUT2D eigenvalue weighted by atomic mass is 9.88. The van der Waals surface area contributed by atoms with Crippen LogP contribution in [0, 0.1) is 0 Å². The molecule has 0 saturated heterocycles. The molecule has 2 aliphatic rings. The molecule has 0 bridgehead atoms. The van der Waals surface area contributed by atoms with E-state index in [1.54, 1.807) is 37.4 Å². The van der Waals surface area contributed by atoms with E-state index in [9.17, 15) is 9.90 Å². The summed E-state index contributed by atoms with van der Waals surface area (Å²) in [5, 5.41) is 19.1. The molecule has 178 valence electrons. The summed E-state index contributed by atoms with van der Waals surface area (Å²) in [5.74, 6) is 1.98. The number of hydrogen-bond acceptors (Lipinski definition) is 8. The third-order valence-corrected chi connectivity index (χ3v) is 7.34. The highest BCUT2D eigenvalue weighted by Crippen LogP contribution is 2.50. The minimum atomic E-state index is -0.897. The number of methoxy groups -OCH3 is 1. The molecule has 4 aromatic rings. The quantitative estimate of drug-likeness (QED) is 0.372. The van der Waals surface area contributed by atoms with Crippen LogP contribution < -0.4 is 24.7 Å². The first-order chi connectivity index (χ1) is 17.0. The zero-order chi connectivity index (χ0) is 24.1. The van der Waals surface area contributed by atoms with Crippen LogP contribution in [0.3, 0.4) is 0 Å². The van der Waals surface area contributed by atoms with Gasteiger partial charge in [0.2, 0.25) is 6.79 Å². The van der Waals surface area contributed by atoms with Crippen LogP contribution in [-0.2, 0) is 12.8 Å². The maximum atomic E-state index is 12.2. The van der Waals surface area contributed by atoms with Crippen molar-refractivity contribution in [3.05, 3.63) is 69.7 Å². The summed E-state index contributed by atoms with van der Waals surface area (Å²) < 4.78 is 22.2. The van der Waals surface area contributed by atoms with E-state index in [-0.39, 0.29) is 6.79 Å². The van der Waals surface area contributed by atoms with Gasteiger partial charge in [0.05, 0.1) is 23.2 Å². The molecular weight excluding hydrogens is 470 g/mol. The lowest BCUT2D eigenvalue weighted by molar-refractivity contribution is 0.100. The smallest absolute Gasteiger partial charge is 0.259 e. The number of nitrogens with two attached hydrogens (primary N) is 1. The van der Waals surface area contributed by atoms with E-state index in [2.05, 4.69) is 10.2 Å². The van der Waals surface area contributed by atoms with Crippen LogP contribution in [0.4, 0.5) is 0 Å². The van der Waals surface area contributed by atoms with Crippen molar-refractivity contribution >= 4 is 17.2 Å². The highest BCUT2D eigenvalue weighted by atomic mass is 32.1. The van der Waals surface area contributed by atoms with E-state index < -0.39 is 12.0 Å². The van der Waals surface area contributed by atoms with Crippen LogP contribution in [0.25, 0.3) is 11.3 Å². The lowest BCUT2D eigenvalue weighted by Crippen LogP contribution is -2.14. The van der Waals surface area contributed by atoms with Gasteiger partial charge in [0.15, 0.2) is 16.6 Å². The Morgan fingerprint density at radius 2 is 1.86 bits per heavy atom. The predicted molar refractivity (Wildman–Crippen MR) is 128 cm³/mol. The molecule has 0 spiro atoms. The molecular formula is C25H21N3O6S. The van der Waals surface area contributed by atoms with Crippen molar-refractivity contribution in [2.75, 3.05) is 13.9 Å². The average Bonchev–Trinajstić information content (AvgIpc) is 3.60. The van der Waals surface area contributed by atoms with Crippen molar-refractivity contribution in [3.8, 4) is 39.3 Å². The highest BCUT2D eigenvalue weighted by Gasteiger charge is 2.33. The lowest BCUT2D eigenvalue weighted by Gasteiger charge is -2.17. The van der Waals surface area contributed by atoms with E-state index in [1.807, 2.05) is 12.1 Å². The molecule has 4 N–H and O–H groups in total. The Kier molecular flexibility index (Phi) is 5.12. The van der Waals surface area contributed by atoms with E-state index in [0.29, 0.717) is 68.3 Å². The van der Waals surface area contributed by atoms with Gasteiger partial charge in [-0.1, -0.05) is 23.5 Å². The molecule has 2 aromatic carbocycles. The topological polar surface area (TPSA) is 129 Å². The van der Waals surface area contributed by atoms with Gasteiger partial charge in [-0.2, -0.15) is 5.10 Å². The van der Waals surface area contributed by atoms with Crippen LogP contribution >= 0.6 is 11.3 Å². The van der Waals surface area contributed by atoms with Crippen molar-refractivity contribution < 1.29 is 28.8 Å². The largest absolute Gasteiger partial charge is 0.497 e. The van der Waals surface area contributed by atoms with Gasteiger partial charge in [0.1, 0.15) is 23.3 Å². The number of aliphatic hydroxyl groups is 1. The first kappa shape index (κ1) is 21.5. The maximum Gasteiger partial charge on any atom is 0.259 e. The minimum Gasteiger partial charge on any atom is -0.497 e. The summed E-state index contributed by atoms with van der Waals surface area (Å²) in [5.41, 5.74) is 10.1. The molecule has 35 heavy (non-hydrogen) atoms. The van der Waals surface area contributed by atoms with Crippen molar-refractivity contribution in [3.63, 3.8) is 0 Å². The number of fused-ring (bicyclic) bond motifs is 4. The Hall–Kier alpha value is -4.02. The number of aromatic amines is 1. The van der Waals surface area contributed by atoms with Crippen LogP contribution in [0.5, 0.6) is 28.1 Å². The van der Waals surface area contributed by atoms with Gasteiger partial charge in [0, 0.05) is 11.6 Å². The van der Waals surface area contributed by atoms with E-state index in [4.69, 9.17) is 24.7 Å². The second kappa shape index (κ2) is 8.33. The monoisotopic (exact) mass is 491 g/mol. The zero-order valence-corrected chi connectivity index (χ0v) is 19.5. The molecule has 3 heterocycles. The summed E-state index contributed by atoms with van der Waals surface area (Å²) >= 11 is 1.19. The fourth-order valence-electron chi connectivity index (χ4n) is 4.51. The number of nitrogens with zero attached hydrogens (tertiary/aromatic N) is 1. The van der Waals surface area contributed by atoms with Crippen molar-refractivity contribution in [2.24, 2.45) is 5.73 Å². The van der Waals surface area contributed by atoms with Crippen LogP contribution in [0.15, 0.2) is 42.5 Å². The number of aliphatic hydroxyl groups excluding tert-OH is 1. The number of rotatable bonds is 6. The molecule has 9 nitrogen and oxygen atoms in total. The average molecular weight is 492 g/mol. The number of ether oxygens (including phenoxy) is 4. The van der Waals surface area contributed by atoms with Gasteiger partial charge in [-0.15, -0.1) is 0 Å². The standard InChI is InChI=1S/C25H21N3O6S/c1-31-13-4-2-12(3-5-13)22(29)21-16-8-7-15-19(20(16)27-28-21)25(35-23(15)24(26)30)34-14-6-9-17-18(10-14)33-11-32-17/h2-6,9-10,22,29H,7-8,11H2,1H3,(H2,26,30)(H,27,28). The van der Waals surface area contributed by atoms with E-state index in [1.165, 1.54) is 11.3 Å². The molecule has 2 aromatic heterocycles. The number of thiophene rings is 1. The fraction of sp³-hybridized carbons (Fsp3) is 0.200. The first-order valence-electron chi connectivity index (χ1n) is 11.0. The van der Waals surface area contributed by atoms with E-state index >= 15 is 0 Å². The highest BCUT2D eigenvalue weighted by molar-refractivity contribution is 7.16. The predicted octanol–water partition coefficient (Wildman–Crippen LogP) is 3.95. The number of primary amides is 1. The van der Waals surface area contributed by atoms with Crippen LogP contribution in [-0.4, -0.2) is 35.1 Å². The minimum absolute atomic E-state index is 0.162. The second-order valence-electron chi connectivity index (χ2n) is 8.19. The van der Waals surface area contributed by atoms with Crippen molar-refractivity contribution in [1.82, 2.24) is 10.2 Å². The third-order valence-electron chi connectivity index (χ3n) is 6.22. The molecule has 1 amide bonds. The maximum absolute atomic E-state index is 12.2. The molecule has 0 saturated carbocycles. The first-order valence-corrected chi connectivity index (χ1v) is 11.8. The Morgan fingerprint density at radius 3 is 2.63 bits per heavy atom. The summed E-state index contributed by atoms with van der Waals surface area (Å²) in [6.45, 7) is 0.162. The number of carbonyl (C=O) groups excluding carboxylic acids is 1. The summed E-state index contributed by atoms with van der Waals surface area (Å²) in [6, 6.07) is 12.5. The van der Waals surface area contributed by atoms with Crippen molar-refractivity contribution in [1.29, 1.82) is 0 Å². The number of benzene rings is 2. The molecule has 1 atom stereocenters. The number of carbonyl (C=O) groups is 1. The fourth-order valence-corrected chi connectivity index (χ4v) is 5.58. The summed E-state index contributed by atoms with van der Waals surface area (Å²) in [7, 11) is 1.60. The summed E-state index contributed by atoms with van der Waals surface area (Å²) in [6.07, 6.45) is 0.275. The Morgan fingerprint density at radius 1 is 1.11 bits per heavy atom. The molecule has 10 heteroatoms. The molecule has 0 fully saturated rings. The summed E-state index contributed by atoms with van der Waals surface area (Å²) in [4.78, 5) is 12.7. The van der Waals surface area contributed by atoms with Crippen LogP contribution in [0.2, 0.25) is 0 Å². The Bertz CT molecular complexity index is 1440. The van der Waals surface area contributed by atoms with Gasteiger partial charge >= 0.3 is 0 Å². The number of hydrogen-bond donors (Lipinski definition) is 3. The third kappa shape index (κ3) is 3.58. The SMILES string of the molecule is COc1ccc(C(O)c2[nH]nc3c2CCc2c(C(N)=O)sc(Oc4ccc5c(c4)OCO5)c2-3)cc1. The normalized spacial score (nSPS) is 14.2. The van der Waals surface area contributed by atoms with Gasteiger partial charge in [0.25, 0.3) is 5.91 Å². The second-order valence-corrected chi connectivity index (χ2v) is 9.18. The van der Waals surface area contributed by atoms with Crippen LogP contribution in [0.1, 0.15) is 38.2 Å². The van der Waals surface area contributed by atoms with Gasteiger partial charge in [-0.25, -0.2) is 0 Å². The number of nitrogens with one attached hydrogen (secondary N) is 1. The molecule has 6 rings (SSSR count). The zero-order valence-electron chi connectivity index (χ0n) is 18.7. The molecule has 1 aliphatic carbocycles. The molecule has 1 aliphatic heterocycles. The number of aromatic nitrogens is 2. The Labute approximate surface area is 204 Å². The van der Waals surface area contributed by atoms with Crippen molar-refractivity contribution in [2.45, 2.75) is 18.9 Å². The van der Waals surface area contributed by atoms with E-state index in [0.717, 1.165) is 11.1 Å². The Balaban J connectivity index is 1.40. The molecule has 0 radical (unpaired) electrons. The number of amides is 1.